The summed E-state index contributed by atoms with van der Waals surface area (Å²) in [6.07, 6.45) is 0.632. The Balaban J connectivity index is 2.13. The molecule has 2 N–H and O–H groups in total. The Morgan fingerprint density at radius 1 is 1.53 bits per heavy atom. The highest BCUT2D eigenvalue weighted by atomic mass is 32.2. The number of carbonyl (C=O) groups is 1. The van der Waals surface area contributed by atoms with Crippen LogP contribution in [-0.2, 0) is 9.53 Å². The van der Waals surface area contributed by atoms with Gasteiger partial charge in [-0.05, 0) is 18.2 Å². The normalized spacial score (nSPS) is 20.3. The molecule has 1 atom stereocenters. The minimum absolute atomic E-state index is 0.267. The van der Waals surface area contributed by atoms with Crippen LogP contribution in [0.25, 0.3) is 0 Å². The van der Waals surface area contributed by atoms with Crippen LogP contribution in [0.15, 0.2) is 23.1 Å². The van der Waals surface area contributed by atoms with E-state index in [4.69, 9.17) is 10.5 Å². The second kappa shape index (κ2) is 4.10. The third kappa shape index (κ3) is 2.23. The molecule has 1 unspecified atom stereocenters. The van der Waals surface area contributed by atoms with Gasteiger partial charge in [-0.25, -0.2) is 4.39 Å². The zero-order valence-corrected chi connectivity index (χ0v) is 8.72. The molecule has 0 bridgehead atoms. The van der Waals surface area contributed by atoms with Crippen molar-refractivity contribution in [3.05, 3.63) is 24.0 Å². The van der Waals surface area contributed by atoms with E-state index in [1.807, 2.05) is 0 Å². The third-order valence-electron chi connectivity index (χ3n) is 2.11. The molecule has 1 aromatic carbocycles. The van der Waals surface area contributed by atoms with E-state index in [1.165, 1.54) is 17.8 Å². The Morgan fingerprint density at radius 2 is 2.33 bits per heavy atom. The first kappa shape index (κ1) is 10.3. The molecule has 0 amide bonds. The maximum atomic E-state index is 13.4. The topological polar surface area (TPSA) is 52.3 Å². The number of benzene rings is 1. The lowest BCUT2D eigenvalue weighted by Gasteiger charge is -2.06. The number of hydrogen-bond acceptors (Lipinski definition) is 4. The lowest BCUT2D eigenvalue weighted by molar-refractivity contribution is -0.137. The van der Waals surface area contributed by atoms with Crippen molar-refractivity contribution in [1.29, 1.82) is 0 Å². The molecule has 3 nitrogen and oxygen atoms in total. The van der Waals surface area contributed by atoms with Crippen LogP contribution in [0.2, 0.25) is 0 Å². The van der Waals surface area contributed by atoms with E-state index < -0.39 is 0 Å². The molecule has 15 heavy (non-hydrogen) atoms. The molecule has 1 fully saturated rings. The summed E-state index contributed by atoms with van der Waals surface area (Å²) in [7, 11) is 0. The summed E-state index contributed by atoms with van der Waals surface area (Å²) < 4.78 is 18.2. The molecule has 1 heterocycles. The molecule has 0 spiro atoms. The molecular weight excluding hydrogens is 217 g/mol. The summed E-state index contributed by atoms with van der Waals surface area (Å²) in [5.74, 6) is -0.657. The predicted octanol–water partition coefficient (Wildman–Crippen LogP) is 1.82. The standard InChI is InChI=1S/C10H10FNO2S/c11-7-5-6(12)1-2-8(7)15-9-3-4-14-10(9)13/h1-2,5,9H,3-4,12H2. The second-order valence-corrected chi connectivity index (χ2v) is 4.50. The average Bonchev–Trinajstić information content (AvgIpc) is 2.57. The van der Waals surface area contributed by atoms with Crippen LogP contribution in [0.5, 0.6) is 0 Å². The molecule has 0 saturated carbocycles. The zero-order chi connectivity index (χ0) is 10.8. The number of hydrogen-bond donors (Lipinski definition) is 1. The number of anilines is 1. The fourth-order valence-corrected chi connectivity index (χ4v) is 2.35. The van der Waals surface area contributed by atoms with Crippen molar-refractivity contribution in [2.75, 3.05) is 12.3 Å². The molecule has 0 aliphatic carbocycles. The number of esters is 1. The number of cyclic esters (lactones) is 1. The molecule has 0 radical (unpaired) electrons. The van der Waals surface area contributed by atoms with E-state index in [9.17, 15) is 9.18 Å². The van der Waals surface area contributed by atoms with Gasteiger partial charge >= 0.3 is 5.97 Å². The first-order valence-corrected chi connectivity index (χ1v) is 5.43. The van der Waals surface area contributed by atoms with Gasteiger partial charge in [0, 0.05) is 17.0 Å². The summed E-state index contributed by atoms with van der Waals surface area (Å²) in [6.45, 7) is 0.424. The van der Waals surface area contributed by atoms with E-state index in [1.54, 1.807) is 12.1 Å². The van der Waals surface area contributed by atoms with Crippen molar-refractivity contribution >= 4 is 23.4 Å². The lowest BCUT2D eigenvalue weighted by Crippen LogP contribution is -2.09. The molecule has 2 rings (SSSR count). The minimum atomic E-state index is -0.389. The van der Waals surface area contributed by atoms with Crippen molar-refractivity contribution in [2.45, 2.75) is 16.6 Å². The minimum Gasteiger partial charge on any atom is -0.465 e. The number of nitrogens with two attached hydrogens (primary N) is 1. The van der Waals surface area contributed by atoms with E-state index in [2.05, 4.69) is 0 Å². The van der Waals surface area contributed by atoms with Crippen molar-refractivity contribution in [1.82, 2.24) is 0 Å². The fraction of sp³-hybridized carbons (Fsp3) is 0.300. The van der Waals surface area contributed by atoms with Crippen LogP contribution in [0.1, 0.15) is 6.42 Å². The lowest BCUT2D eigenvalue weighted by atomic mass is 10.3. The SMILES string of the molecule is Nc1ccc(SC2CCOC2=O)c(F)c1. The van der Waals surface area contributed by atoms with Gasteiger partial charge in [0.2, 0.25) is 0 Å². The third-order valence-corrected chi connectivity index (χ3v) is 3.41. The molecular formula is C10H10FNO2S. The van der Waals surface area contributed by atoms with E-state index in [0.29, 0.717) is 23.6 Å². The molecule has 0 aromatic heterocycles. The number of carbonyl (C=O) groups excluding carboxylic acids is 1. The maximum Gasteiger partial charge on any atom is 0.319 e. The predicted molar refractivity (Wildman–Crippen MR) is 56.0 cm³/mol. The van der Waals surface area contributed by atoms with Gasteiger partial charge in [0.1, 0.15) is 11.1 Å². The Labute approximate surface area is 90.8 Å². The monoisotopic (exact) mass is 227 g/mol. The largest absolute Gasteiger partial charge is 0.465 e. The molecule has 1 aliphatic rings. The first-order chi connectivity index (χ1) is 7.16. The van der Waals surface area contributed by atoms with E-state index >= 15 is 0 Å². The van der Waals surface area contributed by atoms with Crippen LogP contribution < -0.4 is 5.73 Å². The van der Waals surface area contributed by atoms with Crippen molar-refractivity contribution < 1.29 is 13.9 Å². The fourth-order valence-electron chi connectivity index (χ4n) is 1.35. The Hall–Kier alpha value is -1.23. The number of ether oxygens (including phenoxy) is 1. The highest BCUT2D eigenvalue weighted by Gasteiger charge is 2.28. The quantitative estimate of drug-likeness (QED) is 0.618. The van der Waals surface area contributed by atoms with Crippen LogP contribution in [0.3, 0.4) is 0 Å². The maximum absolute atomic E-state index is 13.4. The van der Waals surface area contributed by atoms with Gasteiger partial charge in [-0.3, -0.25) is 4.79 Å². The van der Waals surface area contributed by atoms with Crippen molar-refractivity contribution in [3.8, 4) is 0 Å². The first-order valence-electron chi connectivity index (χ1n) is 4.55. The van der Waals surface area contributed by atoms with Crippen LogP contribution in [-0.4, -0.2) is 17.8 Å². The summed E-state index contributed by atoms with van der Waals surface area (Å²) in [6, 6.07) is 4.45. The van der Waals surface area contributed by atoms with Gasteiger partial charge in [0.15, 0.2) is 0 Å². The Morgan fingerprint density at radius 3 is 2.93 bits per heavy atom. The summed E-state index contributed by atoms with van der Waals surface area (Å²) >= 11 is 1.19. The average molecular weight is 227 g/mol. The zero-order valence-electron chi connectivity index (χ0n) is 7.90. The smallest absolute Gasteiger partial charge is 0.319 e. The summed E-state index contributed by atoms with van der Waals surface area (Å²) in [5.41, 5.74) is 5.80. The van der Waals surface area contributed by atoms with Crippen LogP contribution in [0, 0.1) is 5.82 Å². The summed E-state index contributed by atoms with van der Waals surface area (Å²) in [5, 5.41) is -0.289. The van der Waals surface area contributed by atoms with Gasteiger partial charge in [0.25, 0.3) is 0 Å². The number of rotatable bonds is 2. The molecule has 5 heteroatoms. The van der Waals surface area contributed by atoms with Gasteiger partial charge in [-0.1, -0.05) is 0 Å². The number of nitrogen functional groups attached to an aromatic ring is 1. The van der Waals surface area contributed by atoms with E-state index in [0.717, 1.165) is 0 Å². The van der Waals surface area contributed by atoms with Crippen molar-refractivity contribution in [2.24, 2.45) is 0 Å². The molecule has 80 valence electrons. The highest BCUT2D eigenvalue weighted by molar-refractivity contribution is 8.00. The highest BCUT2D eigenvalue weighted by Crippen LogP contribution is 2.31. The van der Waals surface area contributed by atoms with Gasteiger partial charge < -0.3 is 10.5 Å². The molecule has 1 aromatic rings. The van der Waals surface area contributed by atoms with E-state index in [-0.39, 0.29) is 17.0 Å². The summed E-state index contributed by atoms with van der Waals surface area (Å²) in [4.78, 5) is 11.6. The Bertz CT molecular complexity index is 397. The number of thioether (sulfide) groups is 1. The van der Waals surface area contributed by atoms with Gasteiger partial charge in [0.05, 0.1) is 6.61 Å². The van der Waals surface area contributed by atoms with Gasteiger partial charge in [-0.15, -0.1) is 11.8 Å². The number of halogens is 1. The Kier molecular flexibility index (Phi) is 2.81. The van der Waals surface area contributed by atoms with Crippen LogP contribution in [0.4, 0.5) is 10.1 Å². The molecule has 1 aliphatic heterocycles. The van der Waals surface area contributed by atoms with Crippen molar-refractivity contribution in [3.63, 3.8) is 0 Å². The van der Waals surface area contributed by atoms with Crippen LogP contribution >= 0.6 is 11.8 Å². The van der Waals surface area contributed by atoms with Gasteiger partial charge in [-0.2, -0.15) is 0 Å². The second-order valence-electron chi connectivity index (χ2n) is 3.25. The molecule has 1 saturated heterocycles.